The van der Waals surface area contributed by atoms with E-state index in [-0.39, 0.29) is 15.8 Å². The minimum atomic E-state index is -3.72. The van der Waals surface area contributed by atoms with Crippen molar-refractivity contribution in [1.29, 1.82) is 0 Å². The van der Waals surface area contributed by atoms with Crippen molar-refractivity contribution in [2.45, 2.75) is 25.2 Å². The molecule has 0 unspecified atom stereocenters. The van der Waals surface area contributed by atoms with Crippen LogP contribution in [0.3, 0.4) is 0 Å². The molecule has 8 heteroatoms. The Balaban J connectivity index is 2.12. The maximum atomic E-state index is 12.8. The van der Waals surface area contributed by atoms with Crippen LogP contribution in [-0.2, 0) is 14.8 Å². The fourth-order valence-electron chi connectivity index (χ4n) is 2.51. The second-order valence-corrected chi connectivity index (χ2v) is 8.63. The Hall–Kier alpha value is -2.09. The Labute approximate surface area is 171 Å². The average molecular weight is 425 g/mol. The van der Waals surface area contributed by atoms with Crippen LogP contribution in [0.2, 0.25) is 5.02 Å². The van der Waals surface area contributed by atoms with Crippen LogP contribution in [0.5, 0.6) is 0 Å². The van der Waals surface area contributed by atoms with Gasteiger partial charge in [-0.1, -0.05) is 29.3 Å². The third-order valence-electron chi connectivity index (χ3n) is 4.20. The fraction of sp³-hybridized carbons (Fsp3) is 0.350. The van der Waals surface area contributed by atoms with Crippen LogP contribution in [0.1, 0.15) is 29.3 Å². The average Bonchev–Trinajstić information content (AvgIpc) is 2.67. The molecule has 6 nitrogen and oxygen atoms in total. The zero-order chi connectivity index (χ0) is 20.7. The van der Waals surface area contributed by atoms with Gasteiger partial charge in [0, 0.05) is 26.8 Å². The lowest BCUT2D eigenvalue weighted by molar-refractivity contribution is 0.0944. The van der Waals surface area contributed by atoms with E-state index in [0.29, 0.717) is 37.4 Å². The molecule has 0 spiro atoms. The third-order valence-corrected chi connectivity index (χ3v) is 6.31. The Kier molecular flexibility index (Phi) is 7.86. The maximum absolute atomic E-state index is 12.8. The molecule has 0 saturated heterocycles. The SMILES string of the molecule is CCOCCCNC(=O)c1ccc(N(C)S(=O)(=O)c2ccc(C)cc2)cc1Cl. The molecule has 0 aliphatic rings. The second-order valence-electron chi connectivity index (χ2n) is 6.26. The lowest BCUT2D eigenvalue weighted by Crippen LogP contribution is -2.27. The van der Waals surface area contributed by atoms with Gasteiger partial charge in [0.2, 0.25) is 0 Å². The van der Waals surface area contributed by atoms with Gasteiger partial charge >= 0.3 is 0 Å². The van der Waals surface area contributed by atoms with E-state index < -0.39 is 10.0 Å². The summed E-state index contributed by atoms with van der Waals surface area (Å²) in [5.74, 6) is -0.308. The smallest absolute Gasteiger partial charge is 0.264 e. The number of nitrogens with zero attached hydrogens (tertiary/aromatic N) is 1. The molecule has 0 fully saturated rings. The van der Waals surface area contributed by atoms with Crippen LogP contribution >= 0.6 is 11.6 Å². The van der Waals surface area contributed by atoms with Crippen molar-refractivity contribution in [3.63, 3.8) is 0 Å². The lowest BCUT2D eigenvalue weighted by atomic mass is 10.2. The van der Waals surface area contributed by atoms with E-state index in [2.05, 4.69) is 5.32 Å². The first-order valence-electron chi connectivity index (χ1n) is 8.98. The molecule has 28 heavy (non-hydrogen) atoms. The van der Waals surface area contributed by atoms with Crippen LogP contribution in [0, 0.1) is 6.92 Å². The van der Waals surface area contributed by atoms with Crippen molar-refractivity contribution < 1.29 is 17.9 Å². The number of amides is 1. The van der Waals surface area contributed by atoms with Crippen molar-refractivity contribution >= 4 is 33.2 Å². The van der Waals surface area contributed by atoms with Gasteiger partial charge < -0.3 is 10.1 Å². The van der Waals surface area contributed by atoms with Crippen molar-refractivity contribution in [3.05, 3.63) is 58.6 Å². The van der Waals surface area contributed by atoms with E-state index in [1.54, 1.807) is 30.3 Å². The number of anilines is 1. The zero-order valence-electron chi connectivity index (χ0n) is 16.2. The van der Waals surface area contributed by atoms with Crippen LogP contribution < -0.4 is 9.62 Å². The molecule has 2 rings (SSSR count). The summed E-state index contributed by atoms with van der Waals surface area (Å²) < 4.78 is 32.0. The van der Waals surface area contributed by atoms with E-state index in [9.17, 15) is 13.2 Å². The molecule has 0 aromatic heterocycles. The number of aryl methyl sites for hydroxylation is 1. The topological polar surface area (TPSA) is 75.7 Å². The van der Waals surface area contributed by atoms with E-state index in [4.69, 9.17) is 16.3 Å². The minimum Gasteiger partial charge on any atom is -0.382 e. The number of ether oxygens (including phenoxy) is 1. The molecule has 0 aliphatic heterocycles. The molecular formula is C20H25ClN2O4S. The fourth-order valence-corrected chi connectivity index (χ4v) is 3.95. The minimum absolute atomic E-state index is 0.186. The second kappa shape index (κ2) is 9.91. The summed E-state index contributed by atoms with van der Waals surface area (Å²) in [5.41, 5.74) is 1.64. The quantitative estimate of drug-likeness (QED) is 0.623. The van der Waals surface area contributed by atoms with Gasteiger partial charge in [-0.05, 0) is 50.6 Å². The molecule has 1 amide bonds. The molecular weight excluding hydrogens is 400 g/mol. The largest absolute Gasteiger partial charge is 0.382 e. The van der Waals surface area contributed by atoms with Gasteiger partial charge in [0.15, 0.2) is 0 Å². The number of hydrogen-bond donors (Lipinski definition) is 1. The summed E-state index contributed by atoms with van der Waals surface area (Å²) in [6.45, 7) is 5.49. The van der Waals surface area contributed by atoms with Gasteiger partial charge in [-0.25, -0.2) is 8.42 Å². The highest BCUT2D eigenvalue weighted by Gasteiger charge is 2.22. The molecule has 0 heterocycles. The van der Waals surface area contributed by atoms with E-state index >= 15 is 0 Å². The Morgan fingerprint density at radius 2 is 1.86 bits per heavy atom. The van der Waals surface area contributed by atoms with Crippen molar-refractivity contribution in [2.24, 2.45) is 0 Å². The summed E-state index contributed by atoms with van der Waals surface area (Å²) in [4.78, 5) is 12.4. The molecule has 2 aromatic rings. The number of nitrogens with one attached hydrogen (secondary N) is 1. The molecule has 0 aliphatic carbocycles. The number of rotatable bonds is 9. The molecule has 0 bridgehead atoms. The Morgan fingerprint density at radius 1 is 1.18 bits per heavy atom. The van der Waals surface area contributed by atoms with Crippen LogP contribution in [0.4, 0.5) is 5.69 Å². The third kappa shape index (κ3) is 5.47. The lowest BCUT2D eigenvalue weighted by Gasteiger charge is -2.20. The number of hydrogen-bond acceptors (Lipinski definition) is 4. The highest BCUT2D eigenvalue weighted by Crippen LogP contribution is 2.27. The number of carbonyl (C=O) groups excluding carboxylic acids is 1. The van der Waals surface area contributed by atoms with E-state index in [1.165, 1.54) is 19.2 Å². The number of benzene rings is 2. The van der Waals surface area contributed by atoms with Gasteiger partial charge in [0.25, 0.3) is 15.9 Å². The summed E-state index contributed by atoms with van der Waals surface area (Å²) in [6.07, 6.45) is 0.701. The van der Waals surface area contributed by atoms with Gasteiger partial charge in [-0.2, -0.15) is 0 Å². The van der Waals surface area contributed by atoms with Crippen molar-refractivity contribution in [3.8, 4) is 0 Å². The van der Waals surface area contributed by atoms with Crippen molar-refractivity contribution in [2.75, 3.05) is 31.1 Å². The first-order chi connectivity index (χ1) is 13.3. The predicted molar refractivity (Wildman–Crippen MR) is 112 cm³/mol. The molecule has 0 atom stereocenters. The van der Waals surface area contributed by atoms with Gasteiger partial charge in [0.1, 0.15) is 0 Å². The number of halogens is 1. The summed E-state index contributed by atoms with van der Waals surface area (Å²) in [7, 11) is -2.27. The van der Waals surface area contributed by atoms with Crippen LogP contribution in [0.25, 0.3) is 0 Å². The number of carbonyl (C=O) groups is 1. The number of sulfonamides is 1. The highest BCUT2D eigenvalue weighted by atomic mass is 35.5. The van der Waals surface area contributed by atoms with E-state index in [0.717, 1.165) is 9.87 Å². The first kappa shape index (κ1) is 22.2. The summed E-state index contributed by atoms with van der Waals surface area (Å²) >= 11 is 6.24. The van der Waals surface area contributed by atoms with Crippen molar-refractivity contribution in [1.82, 2.24) is 5.32 Å². The molecule has 2 aromatic carbocycles. The van der Waals surface area contributed by atoms with Crippen LogP contribution in [0.15, 0.2) is 47.4 Å². The van der Waals surface area contributed by atoms with Gasteiger partial charge in [0.05, 0.1) is 21.2 Å². The maximum Gasteiger partial charge on any atom is 0.264 e. The molecule has 152 valence electrons. The summed E-state index contributed by atoms with van der Waals surface area (Å²) in [5, 5.41) is 2.96. The van der Waals surface area contributed by atoms with E-state index in [1.807, 2.05) is 13.8 Å². The molecule has 0 radical (unpaired) electrons. The molecule has 1 N–H and O–H groups in total. The van der Waals surface area contributed by atoms with Gasteiger partial charge in [-0.15, -0.1) is 0 Å². The van der Waals surface area contributed by atoms with Crippen LogP contribution in [-0.4, -0.2) is 41.1 Å². The monoisotopic (exact) mass is 424 g/mol. The predicted octanol–water partition coefficient (Wildman–Crippen LogP) is 3.63. The normalized spacial score (nSPS) is 11.3. The zero-order valence-corrected chi connectivity index (χ0v) is 17.8. The Bertz CT molecular complexity index is 914. The standard InChI is InChI=1S/C20H25ClN2O4S/c1-4-27-13-5-12-22-20(24)18-11-8-16(14-19(18)21)23(3)28(25,26)17-9-6-15(2)7-10-17/h6-11,14H,4-5,12-13H2,1-3H3,(H,22,24). The van der Waals surface area contributed by atoms with Gasteiger partial charge in [-0.3, -0.25) is 9.10 Å². The Morgan fingerprint density at radius 3 is 2.46 bits per heavy atom. The molecule has 0 saturated carbocycles. The first-order valence-corrected chi connectivity index (χ1v) is 10.8. The summed E-state index contributed by atoms with van der Waals surface area (Å²) in [6, 6.07) is 11.2. The highest BCUT2D eigenvalue weighted by molar-refractivity contribution is 7.92.